The van der Waals surface area contributed by atoms with Crippen molar-refractivity contribution in [3.8, 4) is 11.3 Å². The maximum Gasteiger partial charge on any atom is 0.125 e. The molecular formula is C14H19N3S. The number of benzene rings is 1. The molecule has 0 spiro atoms. The molecule has 0 atom stereocenters. The minimum Gasteiger partial charge on any atom is -0.384 e. The first-order valence-corrected chi connectivity index (χ1v) is 7.35. The third-order valence-corrected chi connectivity index (χ3v) is 3.80. The SMILES string of the molecule is CCCc1c(-c2ccc(SC)cc2)nn(C)c1N. The summed E-state index contributed by atoms with van der Waals surface area (Å²) < 4.78 is 1.77. The van der Waals surface area contributed by atoms with Crippen molar-refractivity contribution < 1.29 is 0 Å². The van der Waals surface area contributed by atoms with Crippen LogP contribution in [0.5, 0.6) is 0 Å². The summed E-state index contributed by atoms with van der Waals surface area (Å²) in [4.78, 5) is 1.26. The van der Waals surface area contributed by atoms with Crippen LogP contribution in [0.4, 0.5) is 5.82 Å². The van der Waals surface area contributed by atoms with E-state index in [0.717, 1.165) is 35.5 Å². The summed E-state index contributed by atoms with van der Waals surface area (Å²) in [5.41, 5.74) is 9.40. The highest BCUT2D eigenvalue weighted by Crippen LogP contribution is 2.29. The van der Waals surface area contributed by atoms with Crippen LogP contribution in [-0.2, 0) is 13.5 Å². The highest BCUT2D eigenvalue weighted by Gasteiger charge is 2.14. The third-order valence-electron chi connectivity index (χ3n) is 3.06. The molecule has 0 aliphatic rings. The number of thioether (sulfide) groups is 1. The predicted molar refractivity (Wildman–Crippen MR) is 78.8 cm³/mol. The Morgan fingerprint density at radius 2 is 1.94 bits per heavy atom. The summed E-state index contributed by atoms with van der Waals surface area (Å²) in [6, 6.07) is 8.49. The molecule has 1 aromatic carbocycles. The average Bonchev–Trinajstić information content (AvgIpc) is 2.68. The van der Waals surface area contributed by atoms with E-state index < -0.39 is 0 Å². The van der Waals surface area contributed by atoms with Crippen molar-refractivity contribution in [2.24, 2.45) is 7.05 Å². The van der Waals surface area contributed by atoms with E-state index in [1.54, 1.807) is 16.4 Å². The number of rotatable bonds is 4. The summed E-state index contributed by atoms with van der Waals surface area (Å²) in [6.45, 7) is 2.16. The molecule has 0 unspecified atom stereocenters. The lowest BCUT2D eigenvalue weighted by atomic mass is 10.0. The van der Waals surface area contributed by atoms with Crippen molar-refractivity contribution in [3.63, 3.8) is 0 Å². The number of aromatic nitrogens is 2. The van der Waals surface area contributed by atoms with Crippen LogP contribution in [-0.4, -0.2) is 16.0 Å². The molecule has 0 aliphatic heterocycles. The predicted octanol–water partition coefficient (Wildman–Crippen LogP) is 3.34. The second-order valence-electron chi connectivity index (χ2n) is 4.31. The fraction of sp³-hybridized carbons (Fsp3) is 0.357. The van der Waals surface area contributed by atoms with Crippen molar-refractivity contribution in [1.82, 2.24) is 9.78 Å². The van der Waals surface area contributed by atoms with Crippen molar-refractivity contribution in [2.45, 2.75) is 24.7 Å². The summed E-state index contributed by atoms with van der Waals surface area (Å²) in [6.07, 6.45) is 4.13. The molecule has 0 radical (unpaired) electrons. The Bertz CT molecular complexity index is 529. The number of nitrogen functional groups attached to an aromatic ring is 1. The van der Waals surface area contributed by atoms with Crippen molar-refractivity contribution in [3.05, 3.63) is 29.8 Å². The Hall–Kier alpha value is -1.42. The molecule has 1 aromatic heterocycles. The lowest BCUT2D eigenvalue weighted by Crippen LogP contribution is -1.99. The van der Waals surface area contributed by atoms with Gasteiger partial charge in [-0.3, -0.25) is 4.68 Å². The fourth-order valence-corrected chi connectivity index (χ4v) is 2.47. The summed E-state index contributed by atoms with van der Waals surface area (Å²) in [5, 5.41) is 4.54. The van der Waals surface area contributed by atoms with Gasteiger partial charge in [-0.15, -0.1) is 11.8 Å². The van der Waals surface area contributed by atoms with Gasteiger partial charge in [0.1, 0.15) is 5.82 Å². The summed E-state index contributed by atoms with van der Waals surface area (Å²) in [5.74, 6) is 0.779. The number of anilines is 1. The molecule has 0 amide bonds. The molecule has 18 heavy (non-hydrogen) atoms. The molecule has 0 saturated carbocycles. The Labute approximate surface area is 112 Å². The second-order valence-corrected chi connectivity index (χ2v) is 5.19. The zero-order chi connectivity index (χ0) is 13.1. The van der Waals surface area contributed by atoms with Crippen LogP contribution < -0.4 is 5.73 Å². The van der Waals surface area contributed by atoms with Gasteiger partial charge >= 0.3 is 0 Å². The van der Waals surface area contributed by atoms with Crippen LogP contribution in [0.2, 0.25) is 0 Å². The average molecular weight is 261 g/mol. The Kier molecular flexibility index (Phi) is 3.97. The Morgan fingerprint density at radius 1 is 1.28 bits per heavy atom. The molecule has 2 aromatic rings. The van der Waals surface area contributed by atoms with Gasteiger partial charge in [0.25, 0.3) is 0 Å². The lowest BCUT2D eigenvalue weighted by Gasteiger charge is -2.03. The van der Waals surface area contributed by atoms with Gasteiger partial charge in [0.2, 0.25) is 0 Å². The maximum atomic E-state index is 6.08. The zero-order valence-electron chi connectivity index (χ0n) is 11.1. The van der Waals surface area contributed by atoms with Gasteiger partial charge in [0, 0.05) is 23.1 Å². The molecule has 0 bridgehead atoms. The van der Waals surface area contributed by atoms with Crippen LogP contribution in [0.3, 0.4) is 0 Å². The van der Waals surface area contributed by atoms with Gasteiger partial charge in [-0.05, 0) is 24.8 Å². The van der Waals surface area contributed by atoms with Crippen molar-refractivity contribution in [1.29, 1.82) is 0 Å². The van der Waals surface area contributed by atoms with Gasteiger partial charge in [0.15, 0.2) is 0 Å². The van der Waals surface area contributed by atoms with E-state index in [9.17, 15) is 0 Å². The standard InChI is InChI=1S/C14H19N3S/c1-4-5-12-13(16-17(2)14(12)15)10-6-8-11(18-3)9-7-10/h6-9H,4-5,15H2,1-3H3. The number of hydrogen-bond acceptors (Lipinski definition) is 3. The zero-order valence-corrected chi connectivity index (χ0v) is 11.9. The van der Waals surface area contributed by atoms with Gasteiger partial charge in [0.05, 0.1) is 5.69 Å². The third kappa shape index (κ3) is 2.38. The maximum absolute atomic E-state index is 6.08. The first kappa shape index (κ1) is 13.0. The number of aryl methyl sites for hydroxylation is 1. The smallest absolute Gasteiger partial charge is 0.125 e. The normalized spacial score (nSPS) is 10.8. The van der Waals surface area contributed by atoms with E-state index in [1.807, 2.05) is 7.05 Å². The van der Waals surface area contributed by atoms with Crippen molar-refractivity contribution in [2.75, 3.05) is 12.0 Å². The topological polar surface area (TPSA) is 43.8 Å². The van der Waals surface area contributed by atoms with Gasteiger partial charge in [-0.25, -0.2) is 0 Å². The summed E-state index contributed by atoms with van der Waals surface area (Å²) in [7, 11) is 1.90. The van der Waals surface area contributed by atoms with E-state index in [2.05, 4.69) is 42.5 Å². The van der Waals surface area contributed by atoms with Gasteiger partial charge in [-0.2, -0.15) is 5.10 Å². The van der Waals surface area contributed by atoms with Crippen LogP contribution in [0.15, 0.2) is 29.2 Å². The largest absolute Gasteiger partial charge is 0.384 e. The molecule has 2 N–H and O–H groups in total. The van der Waals surface area contributed by atoms with E-state index in [4.69, 9.17) is 5.73 Å². The first-order chi connectivity index (χ1) is 8.67. The van der Waals surface area contributed by atoms with E-state index >= 15 is 0 Å². The van der Waals surface area contributed by atoms with Crippen LogP contribution >= 0.6 is 11.8 Å². The fourth-order valence-electron chi connectivity index (χ4n) is 2.06. The molecular weight excluding hydrogens is 242 g/mol. The summed E-state index contributed by atoms with van der Waals surface area (Å²) >= 11 is 1.75. The van der Waals surface area contributed by atoms with E-state index in [-0.39, 0.29) is 0 Å². The number of hydrogen-bond donors (Lipinski definition) is 1. The molecule has 0 aliphatic carbocycles. The first-order valence-electron chi connectivity index (χ1n) is 6.13. The number of nitrogens with zero attached hydrogens (tertiary/aromatic N) is 2. The monoisotopic (exact) mass is 261 g/mol. The highest BCUT2D eigenvalue weighted by atomic mass is 32.2. The lowest BCUT2D eigenvalue weighted by molar-refractivity contribution is 0.781. The molecule has 2 rings (SSSR count). The quantitative estimate of drug-likeness (QED) is 0.858. The number of nitrogens with two attached hydrogens (primary N) is 1. The Balaban J connectivity index is 2.45. The minimum atomic E-state index is 0.779. The Morgan fingerprint density at radius 3 is 2.50 bits per heavy atom. The van der Waals surface area contributed by atoms with E-state index in [0.29, 0.717) is 0 Å². The van der Waals surface area contributed by atoms with Crippen LogP contribution in [0.25, 0.3) is 11.3 Å². The molecule has 0 saturated heterocycles. The molecule has 96 valence electrons. The molecule has 1 heterocycles. The van der Waals surface area contributed by atoms with Crippen molar-refractivity contribution >= 4 is 17.6 Å². The van der Waals surface area contributed by atoms with Gasteiger partial charge < -0.3 is 5.73 Å². The highest BCUT2D eigenvalue weighted by molar-refractivity contribution is 7.98. The minimum absolute atomic E-state index is 0.779. The second kappa shape index (κ2) is 5.48. The molecule has 0 fully saturated rings. The van der Waals surface area contributed by atoms with Gasteiger partial charge in [-0.1, -0.05) is 25.5 Å². The van der Waals surface area contributed by atoms with Crippen LogP contribution in [0, 0.1) is 0 Å². The molecule has 4 heteroatoms. The van der Waals surface area contributed by atoms with E-state index in [1.165, 1.54) is 4.90 Å². The van der Waals surface area contributed by atoms with Crippen LogP contribution in [0.1, 0.15) is 18.9 Å². The molecule has 3 nitrogen and oxygen atoms in total.